The molecule has 4 rings (SSSR count). The van der Waals surface area contributed by atoms with Gasteiger partial charge < -0.3 is 19.0 Å². The number of hydrogen-bond acceptors (Lipinski definition) is 10. The van der Waals surface area contributed by atoms with Crippen LogP contribution in [0.2, 0.25) is 0 Å². The highest BCUT2D eigenvalue weighted by Gasteiger charge is 2.22. The number of phenols is 2. The van der Waals surface area contributed by atoms with E-state index in [9.17, 15) is 23.4 Å². The summed E-state index contributed by atoms with van der Waals surface area (Å²) in [5, 5.41) is 28.1. The van der Waals surface area contributed by atoms with Crippen molar-refractivity contribution in [2.24, 2.45) is 0 Å². The number of sulfonamides is 1. The molecule has 2 heterocycles. The molecule has 34 heavy (non-hydrogen) atoms. The molecule has 0 bridgehead atoms. The molecule has 4 aromatic rings. The Morgan fingerprint density at radius 2 is 1.74 bits per heavy atom. The van der Waals surface area contributed by atoms with Gasteiger partial charge in [0.2, 0.25) is 15.9 Å². The van der Waals surface area contributed by atoms with Crippen LogP contribution in [0.5, 0.6) is 11.5 Å². The molecule has 0 saturated heterocycles. The van der Waals surface area contributed by atoms with E-state index in [4.69, 9.17) is 8.83 Å². The van der Waals surface area contributed by atoms with Crippen molar-refractivity contribution >= 4 is 32.8 Å². The second kappa shape index (κ2) is 9.49. The lowest BCUT2D eigenvalue weighted by atomic mass is 10.1. The summed E-state index contributed by atoms with van der Waals surface area (Å²) in [7, 11) is -3.64. The van der Waals surface area contributed by atoms with E-state index in [1.165, 1.54) is 34.6 Å². The second-order valence-electron chi connectivity index (χ2n) is 7.21. The SMILES string of the molecule is CCN(CC)S(=O)(=O)c1cccc(-c2nnc(SCc3cc(=O)oc4cc(O)c(O)cc34)o2)c1. The molecule has 0 spiro atoms. The summed E-state index contributed by atoms with van der Waals surface area (Å²) < 4.78 is 37.8. The summed E-state index contributed by atoms with van der Waals surface area (Å²) in [6.07, 6.45) is 0. The molecule has 0 atom stereocenters. The zero-order valence-electron chi connectivity index (χ0n) is 18.3. The maximum absolute atomic E-state index is 12.8. The summed E-state index contributed by atoms with van der Waals surface area (Å²) in [4.78, 5) is 12.0. The van der Waals surface area contributed by atoms with E-state index in [0.29, 0.717) is 29.6 Å². The van der Waals surface area contributed by atoms with Gasteiger partial charge in [-0.1, -0.05) is 31.7 Å². The van der Waals surface area contributed by atoms with Crippen LogP contribution in [0.15, 0.2) is 66.2 Å². The summed E-state index contributed by atoms with van der Waals surface area (Å²) in [5.41, 5.74) is 0.527. The van der Waals surface area contributed by atoms with Gasteiger partial charge in [-0.05, 0) is 29.8 Å². The number of nitrogens with zero attached hydrogens (tertiary/aromatic N) is 3. The van der Waals surface area contributed by atoms with Crippen molar-refractivity contribution in [3.8, 4) is 23.0 Å². The minimum Gasteiger partial charge on any atom is -0.504 e. The third-order valence-electron chi connectivity index (χ3n) is 5.11. The number of aromatic hydroxyl groups is 2. The highest BCUT2D eigenvalue weighted by Crippen LogP contribution is 2.34. The van der Waals surface area contributed by atoms with Crippen LogP contribution in [0, 0.1) is 0 Å². The van der Waals surface area contributed by atoms with Gasteiger partial charge in [0.1, 0.15) is 5.58 Å². The molecule has 0 amide bonds. The molecule has 10 nitrogen and oxygen atoms in total. The van der Waals surface area contributed by atoms with Gasteiger partial charge in [-0.2, -0.15) is 4.31 Å². The first-order valence-corrected chi connectivity index (χ1v) is 12.7. The van der Waals surface area contributed by atoms with E-state index in [1.807, 2.05) is 0 Å². The van der Waals surface area contributed by atoms with Gasteiger partial charge in [0.25, 0.3) is 5.22 Å². The number of aromatic nitrogens is 2. The lowest BCUT2D eigenvalue weighted by Gasteiger charge is -2.18. The van der Waals surface area contributed by atoms with Crippen LogP contribution in [-0.2, 0) is 15.8 Å². The Balaban J connectivity index is 1.58. The number of hydrogen-bond donors (Lipinski definition) is 2. The average molecular weight is 504 g/mol. The van der Waals surface area contributed by atoms with E-state index in [-0.39, 0.29) is 33.1 Å². The first-order chi connectivity index (χ1) is 16.2. The van der Waals surface area contributed by atoms with Crippen molar-refractivity contribution in [2.75, 3.05) is 13.1 Å². The maximum atomic E-state index is 12.8. The molecular formula is C22H21N3O7S2. The first-order valence-electron chi connectivity index (χ1n) is 10.3. The molecule has 0 aliphatic heterocycles. The topological polar surface area (TPSA) is 147 Å². The molecular weight excluding hydrogens is 482 g/mol. The molecule has 0 fully saturated rings. The van der Waals surface area contributed by atoms with Crippen molar-refractivity contribution in [1.82, 2.24) is 14.5 Å². The fraction of sp³-hybridized carbons (Fsp3) is 0.227. The van der Waals surface area contributed by atoms with Gasteiger partial charge in [-0.15, -0.1) is 10.2 Å². The number of thioether (sulfide) groups is 1. The molecule has 0 aliphatic carbocycles. The maximum Gasteiger partial charge on any atom is 0.336 e. The Hall–Kier alpha value is -3.35. The van der Waals surface area contributed by atoms with Crippen LogP contribution >= 0.6 is 11.8 Å². The third-order valence-corrected chi connectivity index (χ3v) is 8.02. The van der Waals surface area contributed by atoms with E-state index in [1.54, 1.807) is 26.0 Å². The average Bonchev–Trinajstić information content (AvgIpc) is 3.28. The molecule has 0 aliphatic rings. The number of fused-ring (bicyclic) bond motifs is 1. The van der Waals surface area contributed by atoms with Crippen LogP contribution in [-0.4, -0.2) is 46.2 Å². The fourth-order valence-electron chi connectivity index (χ4n) is 3.40. The minimum absolute atomic E-state index is 0.131. The molecule has 178 valence electrons. The van der Waals surface area contributed by atoms with Crippen LogP contribution in [0.4, 0.5) is 0 Å². The molecule has 12 heteroatoms. The van der Waals surface area contributed by atoms with E-state index in [2.05, 4.69) is 10.2 Å². The van der Waals surface area contributed by atoms with E-state index >= 15 is 0 Å². The second-order valence-corrected chi connectivity index (χ2v) is 10.1. The van der Waals surface area contributed by atoms with Crippen LogP contribution < -0.4 is 5.63 Å². The van der Waals surface area contributed by atoms with Gasteiger partial charge in [0.15, 0.2) is 11.5 Å². The van der Waals surface area contributed by atoms with Gasteiger partial charge in [0, 0.05) is 41.9 Å². The zero-order chi connectivity index (χ0) is 24.5. The van der Waals surface area contributed by atoms with Crippen LogP contribution in [0.3, 0.4) is 0 Å². The molecule has 0 unspecified atom stereocenters. The standard InChI is InChI=1S/C22H21N3O7S2/c1-3-25(4-2)34(29,30)15-7-5-6-13(8-15)21-23-24-22(32-21)33-12-14-9-20(28)31-19-11-18(27)17(26)10-16(14)19/h5-11,26-27H,3-4,12H2,1-2H3. The van der Waals surface area contributed by atoms with Gasteiger partial charge in [-0.25, -0.2) is 13.2 Å². The summed E-state index contributed by atoms with van der Waals surface area (Å²) in [5.74, 6) is -0.344. The fourth-order valence-corrected chi connectivity index (χ4v) is 5.66. The predicted octanol–water partition coefficient (Wildman–Crippen LogP) is 3.58. The molecule has 0 saturated carbocycles. The Kier molecular flexibility index (Phi) is 6.64. The van der Waals surface area contributed by atoms with Gasteiger partial charge in [0.05, 0.1) is 4.90 Å². The Morgan fingerprint density at radius 1 is 1.00 bits per heavy atom. The normalized spacial score (nSPS) is 12.0. The Labute approximate surface area is 198 Å². The highest BCUT2D eigenvalue weighted by atomic mass is 32.2. The van der Waals surface area contributed by atoms with Gasteiger partial charge >= 0.3 is 5.63 Å². The lowest BCUT2D eigenvalue weighted by Crippen LogP contribution is -2.30. The van der Waals surface area contributed by atoms with Crippen molar-refractivity contribution < 1.29 is 27.5 Å². The Bertz CT molecular complexity index is 1510. The summed E-state index contributed by atoms with van der Waals surface area (Å²) >= 11 is 1.15. The lowest BCUT2D eigenvalue weighted by molar-refractivity contribution is 0.403. The van der Waals surface area contributed by atoms with E-state index < -0.39 is 21.4 Å². The number of phenolic OH excluding ortho intramolecular Hbond substituents is 2. The summed E-state index contributed by atoms with van der Waals surface area (Å²) in [6.45, 7) is 4.26. The third kappa shape index (κ3) is 4.65. The predicted molar refractivity (Wildman–Crippen MR) is 125 cm³/mol. The molecule has 2 N–H and O–H groups in total. The van der Waals surface area contributed by atoms with Crippen molar-refractivity contribution in [3.05, 3.63) is 58.4 Å². The smallest absolute Gasteiger partial charge is 0.336 e. The first kappa shape index (κ1) is 23.8. The quantitative estimate of drug-likeness (QED) is 0.208. The molecule has 0 radical (unpaired) electrons. The van der Waals surface area contributed by atoms with Gasteiger partial charge in [-0.3, -0.25) is 0 Å². The van der Waals surface area contributed by atoms with Crippen molar-refractivity contribution in [1.29, 1.82) is 0 Å². The van der Waals surface area contributed by atoms with Crippen molar-refractivity contribution in [3.63, 3.8) is 0 Å². The largest absolute Gasteiger partial charge is 0.504 e. The van der Waals surface area contributed by atoms with Crippen LogP contribution in [0.1, 0.15) is 19.4 Å². The molecule has 2 aromatic heterocycles. The number of rotatable bonds is 8. The highest BCUT2D eigenvalue weighted by molar-refractivity contribution is 7.98. The Morgan fingerprint density at radius 3 is 2.47 bits per heavy atom. The van der Waals surface area contributed by atoms with Crippen molar-refractivity contribution in [2.45, 2.75) is 29.7 Å². The monoisotopic (exact) mass is 503 g/mol. The summed E-state index contributed by atoms with van der Waals surface area (Å²) in [6, 6.07) is 10.1. The zero-order valence-corrected chi connectivity index (χ0v) is 19.9. The number of benzene rings is 2. The minimum atomic E-state index is -3.64. The molecule has 2 aromatic carbocycles. The van der Waals surface area contributed by atoms with E-state index in [0.717, 1.165) is 11.8 Å². The van der Waals surface area contributed by atoms with Crippen LogP contribution in [0.25, 0.3) is 22.4 Å².